The molecule has 2 aromatic carbocycles. The van der Waals surface area contributed by atoms with E-state index in [0.717, 1.165) is 21.1 Å². The molecule has 3 aromatic rings. The van der Waals surface area contributed by atoms with Gasteiger partial charge < -0.3 is 4.52 Å². The third kappa shape index (κ3) is 4.91. The van der Waals surface area contributed by atoms with Crippen LogP contribution in [-0.4, -0.2) is 93.4 Å². The lowest BCUT2D eigenvalue weighted by Crippen LogP contribution is -2.59. The molecule has 0 radical (unpaired) electrons. The van der Waals surface area contributed by atoms with E-state index in [1.165, 1.54) is 24.3 Å². The van der Waals surface area contributed by atoms with Crippen molar-refractivity contribution in [2.75, 3.05) is 32.7 Å². The number of nitrogens with one attached hydrogen (secondary N) is 1. The molecule has 1 aromatic heterocycles. The van der Waals surface area contributed by atoms with Gasteiger partial charge in [-0.05, 0) is 62.2 Å². The van der Waals surface area contributed by atoms with Crippen molar-refractivity contribution in [1.82, 2.24) is 30.3 Å². The maximum Gasteiger partial charge on any atom is 0.343 e. The Morgan fingerprint density at radius 2 is 1.70 bits per heavy atom. The maximum atomic E-state index is 15.6. The molecule has 11 nitrogen and oxygen atoms in total. The van der Waals surface area contributed by atoms with Gasteiger partial charge in [0.1, 0.15) is 5.82 Å². The summed E-state index contributed by atoms with van der Waals surface area (Å²) in [5.74, 6) is -5.20. The molecule has 4 aliphatic heterocycles. The summed E-state index contributed by atoms with van der Waals surface area (Å²) in [7, 11) is 0. The summed E-state index contributed by atoms with van der Waals surface area (Å²) in [6.07, 6.45) is 1.50. The van der Waals surface area contributed by atoms with Gasteiger partial charge >= 0.3 is 6.03 Å². The molecule has 1 N–H and O–H groups in total. The Hall–Kier alpha value is -4.30. The zero-order valence-corrected chi connectivity index (χ0v) is 23.6. The van der Waals surface area contributed by atoms with Gasteiger partial charge in [0, 0.05) is 36.9 Å². The lowest BCUT2D eigenvalue weighted by atomic mass is 9.89. The zero-order chi connectivity index (χ0) is 30.7. The predicted octanol–water partition coefficient (Wildman–Crippen LogP) is 3.51. The second-order valence-corrected chi connectivity index (χ2v) is 11.8. The topological polar surface area (TPSA) is 119 Å². The number of amides is 5. The number of fused-ring (bicyclic) bond motifs is 2. The van der Waals surface area contributed by atoms with Crippen molar-refractivity contribution in [3.8, 4) is 0 Å². The molecule has 0 bridgehead atoms. The third-order valence-corrected chi connectivity index (χ3v) is 9.07. The molecular weight excluding hydrogens is 581 g/mol. The Morgan fingerprint density at radius 1 is 0.932 bits per heavy atom. The summed E-state index contributed by atoms with van der Waals surface area (Å²) in [6.45, 7) is 1.01. The number of aromatic nitrogens is 1. The van der Waals surface area contributed by atoms with Crippen LogP contribution in [0.25, 0.3) is 11.0 Å². The molecule has 230 valence electrons. The van der Waals surface area contributed by atoms with Crippen LogP contribution in [0.15, 0.2) is 40.9 Å². The van der Waals surface area contributed by atoms with E-state index in [1.807, 2.05) is 4.90 Å². The minimum absolute atomic E-state index is 0.0452. The second-order valence-electron chi connectivity index (χ2n) is 11.8. The van der Waals surface area contributed by atoms with Gasteiger partial charge in [0.2, 0.25) is 5.91 Å². The van der Waals surface area contributed by atoms with E-state index in [2.05, 4.69) is 10.5 Å². The van der Waals surface area contributed by atoms with Gasteiger partial charge in [0.05, 0.1) is 36.0 Å². The van der Waals surface area contributed by atoms with Crippen LogP contribution in [0.3, 0.4) is 0 Å². The number of halogens is 3. The van der Waals surface area contributed by atoms with Crippen LogP contribution in [0.5, 0.6) is 0 Å². The molecule has 3 saturated heterocycles. The smallest absolute Gasteiger partial charge is 0.343 e. The number of nitrogens with zero attached hydrogens (tertiary/aromatic N) is 5. The number of urea groups is 1. The van der Waals surface area contributed by atoms with Crippen LogP contribution in [0.1, 0.15) is 63.6 Å². The number of likely N-dealkylation sites (tertiary alicyclic amines) is 2. The van der Waals surface area contributed by atoms with Crippen LogP contribution in [0.4, 0.5) is 18.0 Å². The first-order valence-corrected chi connectivity index (χ1v) is 14.6. The number of piperidine rings is 2. The first-order valence-electron chi connectivity index (χ1n) is 14.6. The molecule has 4 aliphatic rings. The Labute approximate surface area is 249 Å². The van der Waals surface area contributed by atoms with E-state index in [9.17, 15) is 23.6 Å². The minimum atomic E-state index is -2.97. The lowest BCUT2D eigenvalue weighted by Gasteiger charge is -2.45. The summed E-state index contributed by atoms with van der Waals surface area (Å²) in [4.78, 5) is 53.3. The summed E-state index contributed by atoms with van der Waals surface area (Å²) < 4.78 is 49.9. The molecule has 1 atom stereocenters. The Bertz CT molecular complexity index is 1690. The van der Waals surface area contributed by atoms with Gasteiger partial charge in [0.25, 0.3) is 17.7 Å². The molecule has 44 heavy (non-hydrogen) atoms. The second kappa shape index (κ2) is 10.7. The van der Waals surface area contributed by atoms with Gasteiger partial charge in [-0.2, -0.15) is 5.01 Å². The summed E-state index contributed by atoms with van der Waals surface area (Å²) >= 11 is 0. The first-order chi connectivity index (χ1) is 21.1. The highest BCUT2D eigenvalue weighted by atomic mass is 19.3. The summed E-state index contributed by atoms with van der Waals surface area (Å²) in [5, 5.41) is 8.63. The van der Waals surface area contributed by atoms with E-state index in [1.54, 1.807) is 17.0 Å². The average molecular weight is 611 g/mol. The standard InChI is InChI=1S/C30H29F3N6O5/c31-19-2-4-21-23(14-19)44-35-26(21)18-5-10-37(11-6-18)24-7-9-36(16-30(24,32)33)15-17-1-3-20-22(13-17)28(42)39(27(20)41)38-12-8-25(40)34-29(38)43/h1-4,13-14,18,24H,5-12,15-16H2,(H,34,40,43). The molecule has 14 heteroatoms. The molecular formula is C30H29F3N6O5. The average Bonchev–Trinajstić information content (AvgIpc) is 3.51. The number of hydrogen-bond acceptors (Lipinski definition) is 8. The lowest BCUT2D eigenvalue weighted by molar-refractivity contribution is -0.132. The predicted molar refractivity (Wildman–Crippen MR) is 148 cm³/mol. The number of imide groups is 2. The number of benzene rings is 2. The Balaban J connectivity index is 0.977. The van der Waals surface area contributed by atoms with Crippen LogP contribution in [0, 0.1) is 5.82 Å². The number of alkyl halides is 2. The number of rotatable bonds is 5. The molecule has 0 aliphatic carbocycles. The highest BCUT2D eigenvalue weighted by Gasteiger charge is 2.48. The fourth-order valence-electron chi connectivity index (χ4n) is 6.89. The molecule has 7 rings (SSSR count). The fourth-order valence-corrected chi connectivity index (χ4v) is 6.89. The van der Waals surface area contributed by atoms with Crippen molar-refractivity contribution in [1.29, 1.82) is 0 Å². The third-order valence-electron chi connectivity index (χ3n) is 9.07. The summed E-state index contributed by atoms with van der Waals surface area (Å²) in [6, 6.07) is 7.16. The molecule has 3 fully saturated rings. The van der Waals surface area contributed by atoms with Gasteiger partial charge in [-0.1, -0.05) is 11.2 Å². The van der Waals surface area contributed by atoms with Crippen LogP contribution in [-0.2, 0) is 11.3 Å². The van der Waals surface area contributed by atoms with E-state index < -0.39 is 48.1 Å². The molecule has 0 saturated carbocycles. The van der Waals surface area contributed by atoms with Gasteiger partial charge in [-0.3, -0.25) is 29.5 Å². The van der Waals surface area contributed by atoms with E-state index in [0.29, 0.717) is 43.6 Å². The van der Waals surface area contributed by atoms with Gasteiger partial charge in [-0.25, -0.2) is 23.0 Å². The van der Waals surface area contributed by atoms with Crippen LogP contribution in [0.2, 0.25) is 0 Å². The number of hydrogen-bond donors (Lipinski definition) is 1. The molecule has 1 unspecified atom stereocenters. The number of carbonyl (C=O) groups is 4. The van der Waals surface area contributed by atoms with E-state index >= 15 is 8.78 Å². The minimum Gasteiger partial charge on any atom is -0.356 e. The van der Waals surface area contributed by atoms with Gasteiger partial charge in [0.15, 0.2) is 5.58 Å². The maximum absolute atomic E-state index is 15.6. The van der Waals surface area contributed by atoms with Crippen molar-refractivity contribution < 1.29 is 36.9 Å². The van der Waals surface area contributed by atoms with E-state index in [4.69, 9.17) is 4.52 Å². The molecule has 5 amide bonds. The molecule has 0 spiro atoms. The highest BCUT2D eigenvalue weighted by Crippen LogP contribution is 2.38. The SMILES string of the molecule is O=C1CCN(N2C(=O)c3ccc(CN4CCC(N5CCC(c6noc7cc(F)ccc67)CC5)C(F)(F)C4)cc3C2=O)C(=O)N1. The van der Waals surface area contributed by atoms with Crippen molar-refractivity contribution in [2.24, 2.45) is 0 Å². The van der Waals surface area contributed by atoms with Crippen LogP contribution >= 0.6 is 0 Å². The van der Waals surface area contributed by atoms with Crippen molar-refractivity contribution in [2.45, 2.75) is 50.1 Å². The van der Waals surface area contributed by atoms with Crippen molar-refractivity contribution >= 4 is 34.7 Å². The molecule has 5 heterocycles. The van der Waals surface area contributed by atoms with Crippen molar-refractivity contribution in [3.63, 3.8) is 0 Å². The highest BCUT2D eigenvalue weighted by molar-refractivity contribution is 6.22. The van der Waals surface area contributed by atoms with Crippen molar-refractivity contribution in [3.05, 3.63) is 64.6 Å². The van der Waals surface area contributed by atoms with Crippen LogP contribution < -0.4 is 5.32 Å². The first kappa shape index (κ1) is 28.5. The summed E-state index contributed by atoms with van der Waals surface area (Å²) in [5.41, 5.74) is 1.92. The number of carbonyl (C=O) groups excluding carboxylic acids is 4. The Morgan fingerprint density at radius 3 is 2.45 bits per heavy atom. The normalized spacial score (nSPS) is 23.5. The quantitative estimate of drug-likeness (QED) is 0.436. The fraction of sp³-hybridized carbons (Fsp3) is 0.433. The monoisotopic (exact) mass is 610 g/mol. The largest absolute Gasteiger partial charge is 0.356 e. The van der Waals surface area contributed by atoms with Gasteiger partial charge in [-0.15, -0.1) is 0 Å². The number of hydrazine groups is 1. The van der Waals surface area contributed by atoms with E-state index in [-0.39, 0.29) is 43.0 Å². The zero-order valence-electron chi connectivity index (χ0n) is 23.6. The Kier molecular flexibility index (Phi) is 6.92.